The molecule has 0 radical (unpaired) electrons. The highest BCUT2D eigenvalue weighted by Crippen LogP contribution is 2.33. The first-order valence-electron chi connectivity index (χ1n) is 9.71. The van der Waals surface area contributed by atoms with Gasteiger partial charge in [-0.15, -0.1) is 0 Å². The third-order valence-electron chi connectivity index (χ3n) is 5.07. The Labute approximate surface area is 179 Å². The van der Waals surface area contributed by atoms with Crippen LogP contribution in [0.15, 0.2) is 42.1 Å². The predicted molar refractivity (Wildman–Crippen MR) is 116 cm³/mol. The number of ether oxygens (including phenoxy) is 1. The van der Waals surface area contributed by atoms with Crippen LogP contribution in [-0.2, 0) is 19.1 Å². The summed E-state index contributed by atoms with van der Waals surface area (Å²) < 4.78 is 18.2. The topological polar surface area (TPSA) is 87.7 Å². The molecule has 0 saturated carbocycles. The van der Waals surface area contributed by atoms with Crippen LogP contribution in [0.5, 0.6) is 0 Å². The molecule has 0 saturated heterocycles. The minimum absolute atomic E-state index is 0.108. The summed E-state index contributed by atoms with van der Waals surface area (Å²) in [7, 11) is 1.27. The average molecular weight is 425 g/mol. The van der Waals surface area contributed by atoms with Crippen molar-refractivity contribution in [3.8, 4) is 0 Å². The van der Waals surface area contributed by atoms with Crippen LogP contribution in [0.4, 0.5) is 21.5 Å². The van der Waals surface area contributed by atoms with E-state index in [9.17, 15) is 18.8 Å². The fourth-order valence-electron chi connectivity index (χ4n) is 3.23. The smallest absolute Gasteiger partial charge is 0.311 e. The van der Waals surface area contributed by atoms with E-state index >= 15 is 0 Å². The largest absolute Gasteiger partial charge is 0.469 e. The highest BCUT2D eigenvalue weighted by molar-refractivity contribution is 6.10. The van der Waals surface area contributed by atoms with Gasteiger partial charge in [-0.2, -0.15) is 0 Å². The number of nitrogens with zero attached hydrogens (tertiary/aromatic N) is 1. The van der Waals surface area contributed by atoms with Crippen LogP contribution in [0.3, 0.4) is 0 Å². The fourth-order valence-corrected chi connectivity index (χ4v) is 3.23. The van der Waals surface area contributed by atoms with Crippen molar-refractivity contribution in [1.82, 2.24) is 0 Å². The number of benzene rings is 2. The van der Waals surface area contributed by atoms with Crippen molar-refractivity contribution in [2.75, 3.05) is 29.2 Å². The van der Waals surface area contributed by atoms with E-state index in [1.807, 2.05) is 26.0 Å². The van der Waals surface area contributed by atoms with E-state index in [1.54, 1.807) is 6.92 Å². The lowest BCUT2D eigenvalue weighted by molar-refractivity contribution is -0.139. The lowest BCUT2D eigenvalue weighted by Gasteiger charge is -2.23. The number of carbonyl (C=O) groups is 3. The first-order valence-corrected chi connectivity index (χ1v) is 9.71. The molecule has 8 heteroatoms. The zero-order valence-electron chi connectivity index (χ0n) is 17.8. The van der Waals surface area contributed by atoms with Gasteiger partial charge in [0.25, 0.3) is 5.91 Å². The Kier molecular flexibility index (Phi) is 6.39. The fraction of sp³-hybridized carbons (Fsp3) is 0.261. The monoisotopic (exact) mass is 425 g/mol. The molecule has 2 aromatic carbocycles. The van der Waals surface area contributed by atoms with E-state index in [-0.39, 0.29) is 18.8 Å². The number of nitrogens with one attached hydrogen (secondary N) is 2. The van der Waals surface area contributed by atoms with Crippen molar-refractivity contribution < 1.29 is 23.5 Å². The Morgan fingerprint density at radius 1 is 1.10 bits per heavy atom. The van der Waals surface area contributed by atoms with Gasteiger partial charge < -0.3 is 15.4 Å². The zero-order chi connectivity index (χ0) is 22.7. The van der Waals surface area contributed by atoms with E-state index < -0.39 is 17.8 Å². The summed E-state index contributed by atoms with van der Waals surface area (Å²) in [5, 5.41) is 5.81. The maximum atomic E-state index is 13.5. The molecule has 0 unspecified atom stereocenters. The number of methoxy groups -OCH3 is 1. The van der Waals surface area contributed by atoms with Crippen LogP contribution in [0.25, 0.3) is 0 Å². The summed E-state index contributed by atoms with van der Waals surface area (Å²) in [6.07, 6.45) is 1.18. The van der Waals surface area contributed by atoms with Crippen LogP contribution in [0, 0.1) is 26.6 Å². The van der Waals surface area contributed by atoms with Gasteiger partial charge in [0.2, 0.25) is 5.91 Å². The Hall–Kier alpha value is -3.68. The Balaban J connectivity index is 1.91. The van der Waals surface area contributed by atoms with E-state index in [1.165, 1.54) is 36.3 Å². The predicted octanol–water partition coefficient (Wildman–Crippen LogP) is 3.60. The Morgan fingerprint density at radius 2 is 1.81 bits per heavy atom. The number of carbonyl (C=O) groups excluding carboxylic acids is 3. The minimum Gasteiger partial charge on any atom is -0.469 e. The number of anilines is 3. The van der Waals surface area contributed by atoms with Crippen LogP contribution in [0.2, 0.25) is 0 Å². The van der Waals surface area contributed by atoms with Gasteiger partial charge in [-0.3, -0.25) is 19.3 Å². The molecule has 2 amide bonds. The van der Waals surface area contributed by atoms with Crippen molar-refractivity contribution in [2.24, 2.45) is 0 Å². The molecular formula is C23H24FN3O4. The van der Waals surface area contributed by atoms with Crippen molar-refractivity contribution in [3.63, 3.8) is 0 Å². The number of rotatable bonds is 5. The number of esters is 1. The molecule has 31 heavy (non-hydrogen) atoms. The second-order valence-corrected chi connectivity index (χ2v) is 7.44. The molecule has 1 aliphatic rings. The van der Waals surface area contributed by atoms with Gasteiger partial charge in [0.05, 0.1) is 24.9 Å². The molecule has 0 atom stereocenters. The molecule has 1 aliphatic heterocycles. The molecule has 2 N–H and O–H groups in total. The molecule has 0 aromatic heterocycles. The van der Waals surface area contributed by atoms with Crippen LogP contribution >= 0.6 is 0 Å². The summed E-state index contributed by atoms with van der Waals surface area (Å²) in [6.45, 7) is 5.19. The molecule has 0 spiro atoms. The molecule has 2 aromatic rings. The van der Waals surface area contributed by atoms with Crippen LogP contribution in [0.1, 0.15) is 23.1 Å². The van der Waals surface area contributed by atoms with Gasteiger partial charge in [-0.25, -0.2) is 4.39 Å². The van der Waals surface area contributed by atoms with Gasteiger partial charge in [-0.1, -0.05) is 0 Å². The quantitative estimate of drug-likeness (QED) is 0.715. The molecule has 0 bridgehead atoms. The molecule has 0 fully saturated rings. The number of halogens is 1. The summed E-state index contributed by atoms with van der Waals surface area (Å²) in [4.78, 5) is 38.7. The van der Waals surface area contributed by atoms with Crippen molar-refractivity contribution in [2.45, 2.75) is 27.2 Å². The normalized spacial score (nSPS) is 13.0. The second-order valence-electron chi connectivity index (χ2n) is 7.44. The van der Waals surface area contributed by atoms with Gasteiger partial charge >= 0.3 is 5.97 Å². The lowest BCUT2D eigenvalue weighted by atomic mass is 10.1. The SMILES string of the molecule is COC(=O)CC1=CC(=O)N(CC(=O)Nc2ccc(F)c(C)c2)c2cc(C)c(C)cc2N1. The first kappa shape index (κ1) is 22.0. The maximum absolute atomic E-state index is 13.5. The Bertz CT molecular complexity index is 1090. The average Bonchev–Trinajstić information content (AvgIpc) is 2.82. The molecule has 7 nitrogen and oxygen atoms in total. The number of aryl methyl sites for hydroxylation is 3. The van der Waals surface area contributed by atoms with E-state index in [0.29, 0.717) is 28.3 Å². The van der Waals surface area contributed by atoms with Gasteiger partial charge in [0, 0.05) is 17.5 Å². The van der Waals surface area contributed by atoms with Crippen LogP contribution in [-0.4, -0.2) is 31.4 Å². The molecule has 162 valence electrons. The lowest BCUT2D eigenvalue weighted by Crippen LogP contribution is -2.37. The van der Waals surface area contributed by atoms with E-state index in [4.69, 9.17) is 4.74 Å². The summed E-state index contributed by atoms with van der Waals surface area (Å²) in [6, 6.07) is 7.94. The molecule has 1 heterocycles. The van der Waals surface area contributed by atoms with Crippen molar-refractivity contribution >= 4 is 34.8 Å². The van der Waals surface area contributed by atoms with Gasteiger partial charge in [0.15, 0.2) is 0 Å². The van der Waals surface area contributed by atoms with Gasteiger partial charge in [0.1, 0.15) is 12.4 Å². The minimum atomic E-state index is -0.491. The maximum Gasteiger partial charge on any atom is 0.311 e. The second kappa shape index (κ2) is 8.99. The zero-order valence-corrected chi connectivity index (χ0v) is 17.8. The van der Waals surface area contributed by atoms with Gasteiger partial charge in [-0.05, 0) is 67.8 Å². The van der Waals surface area contributed by atoms with Crippen molar-refractivity contribution in [3.05, 3.63) is 64.6 Å². The summed E-state index contributed by atoms with van der Waals surface area (Å²) in [5.74, 6) is -1.74. The first-order chi connectivity index (χ1) is 14.7. The standard InChI is InChI=1S/C23H24FN3O4/c1-13-8-19-20(9-14(13)2)27(22(29)10-17(25-19)11-23(30)31-4)12-21(28)26-16-5-6-18(24)15(3)7-16/h5-10,25H,11-12H2,1-4H3,(H,26,28). The summed E-state index contributed by atoms with van der Waals surface area (Å²) in [5.41, 5.74) is 4.28. The number of hydrogen-bond acceptors (Lipinski definition) is 5. The molecule has 3 rings (SSSR count). The highest BCUT2D eigenvalue weighted by Gasteiger charge is 2.26. The number of hydrogen-bond donors (Lipinski definition) is 2. The van der Waals surface area contributed by atoms with Crippen molar-refractivity contribution in [1.29, 1.82) is 0 Å². The Morgan fingerprint density at radius 3 is 2.48 bits per heavy atom. The number of fused-ring (bicyclic) bond motifs is 1. The molecular weight excluding hydrogens is 401 g/mol. The highest BCUT2D eigenvalue weighted by atomic mass is 19.1. The molecule has 0 aliphatic carbocycles. The van der Waals surface area contributed by atoms with Crippen LogP contribution < -0.4 is 15.5 Å². The van der Waals surface area contributed by atoms with E-state index in [2.05, 4.69) is 10.6 Å². The van der Waals surface area contributed by atoms with E-state index in [0.717, 1.165) is 11.1 Å². The number of amides is 2. The third kappa shape index (κ3) is 5.09. The third-order valence-corrected chi connectivity index (χ3v) is 5.07. The summed E-state index contributed by atoms with van der Waals surface area (Å²) >= 11 is 0.